The van der Waals surface area contributed by atoms with E-state index in [1.807, 2.05) is 12.2 Å². The van der Waals surface area contributed by atoms with E-state index in [1.165, 1.54) is 11.1 Å². The van der Waals surface area contributed by atoms with E-state index < -0.39 is 5.97 Å². The molecule has 0 aliphatic carbocycles. The van der Waals surface area contributed by atoms with Gasteiger partial charge in [-0.2, -0.15) is 0 Å². The van der Waals surface area contributed by atoms with E-state index in [2.05, 4.69) is 32.9 Å². The van der Waals surface area contributed by atoms with Crippen molar-refractivity contribution in [3.63, 3.8) is 0 Å². The van der Waals surface area contributed by atoms with Gasteiger partial charge in [0.25, 0.3) is 0 Å². The van der Waals surface area contributed by atoms with Gasteiger partial charge >= 0.3 is 5.97 Å². The lowest BCUT2D eigenvalue weighted by Crippen LogP contribution is -2.17. The third-order valence-corrected chi connectivity index (χ3v) is 6.08. The molecule has 33 heavy (non-hydrogen) atoms. The van der Waals surface area contributed by atoms with Gasteiger partial charge in [0.2, 0.25) is 0 Å². The number of rotatable bonds is 13. The number of esters is 1. The summed E-state index contributed by atoms with van der Waals surface area (Å²) in [5, 5.41) is 9.92. The van der Waals surface area contributed by atoms with Crippen LogP contribution in [0.2, 0.25) is 0 Å². The summed E-state index contributed by atoms with van der Waals surface area (Å²) in [5.74, 6) is 0.0403. The van der Waals surface area contributed by atoms with Crippen molar-refractivity contribution in [3.05, 3.63) is 58.1 Å². The zero-order valence-corrected chi connectivity index (χ0v) is 21.0. The maximum atomic E-state index is 11.5. The van der Waals surface area contributed by atoms with Crippen LogP contribution in [-0.2, 0) is 23.7 Å². The maximum Gasteiger partial charge on any atom is 0.343 e. The second kappa shape index (κ2) is 13.5. The van der Waals surface area contributed by atoms with Gasteiger partial charge in [-0.25, -0.2) is 4.79 Å². The van der Waals surface area contributed by atoms with Crippen LogP contribution < -0.4 is 0 Å². The number of cyclic esters (lactones) is 1. The van der Waals surface area contributed by atoms with Crippen molar-refractivity contribution < 1.29 is 28.8 Å². The van der Waals surface area contributed by atoms with Crippen molar-refractivity contribution >= 4 is 5.97 Å². The van der Waals surface area contributed by atoms with Crippen molar-refractivity contribution in [2.24, 2.45) is 5.92 Å². The fraction of sp³-hybridized carbons (Fsp3) is 0.593. The number of ether oxygens (including phenoxy) is 4. The Hall–Kier alpha value is -2.15. The molecule has 0 aromatic rings. The number of aliphatic hydroxyl groups is 1. The molecule has 0 unspecified atom stereocenters. The molecule has 184 valence electrons. The molecule has 2 aliphatic heterocycles. The van der Waals surface area contributed by atoms with Gasteiger partial charge in [0.05, 0.1) is 5.57 Å². The average molecular weight is 461 g/mol. The fourth-order valence-electron chi connectivity index (χ4n) is 3.93. The van der Waals surface area contributed by atoms with E-state index in [1.54, 1.807) is 21.1 Å². The molecule has 1 N–H and O–H groups in total. The zero-order chi connectivity index (χ0) is 24.4. The largest absolute Gasteiger partial charge is 0.504 e. The molecule has 0 amide bonds. The quantitative estimate of drug-likeness (QED) is 0.252. The van der Waals surface area contributed by atoms with Crippen molar-refractivity contribution in [3.8, 4) is 0 Å². The van der Waals surface area contributed by atoms with Gasteiger partial charge in [-0.05, 0) is 89.4 Å². The van der Waals surface area contributed by atoms with E-state index in [0.29, 0.717) is 5.76 Å². The average Bonchev–Trinajstić information content (AvgIpc) is 3.29. The molecule has 3 atom stereocenters. The van der Waals surface area contributed by atoms with Gasteiger partial charge in [0.1, 0.15) is 0 Å². The smallest absolute Gasteiger partial charge is 0.343 e. The summed E-state index contributed by atoms with van der Waals surface area (Å²) in [7, 11) is 3.28. The molecule has 6 nitrogen and oxygen atoms in total. The number of methoxy groups -OCH3 is 2. The molecule has 0 radical (unpaired) electrons. The van der Waals surface area contributed by atoms with Gasteiger partial charge in [-0.15, -0.1) is 0 Å². The van der Waals surface area contributed by atoms with Crippen LogP contribution in [0.4, 0.5) is 0 Å². The van der Waals surface area contributed by atoms with Crippen LogP contribution >= 0.6 is 0 Å². The Bertz CT molecular complexity index is 830. The SMILES string of the molecule is CO[C@H]1C=C(CC/C=C(\C)CC/C=C(\C)CCC[C@H](C)/C=C2\OC(=O)C(C)=C2O)[C@H](OC)O1. The lowest BCUT2D eigenvalue weighted by molar-refractivity contribution is -0.177. The predicted octanol–water partition coefficient (Wildman–Crippen LogP) is 6.42. The molecule has 0 aromatic carbocycles. The van der Waals surface area contributed by atoms with Gasteiger partial charge in [-0.3, -0.25) is 0 Å². The molecule has 0 fully saturated rings. The van der Waals surface area contributed by atoms with Crippen LogP contribution in [0, 0.1) is 5.92 Å². The zero-order valence-electron chi connectivity index (χ0n) is 21.0. The minimum absolute atomic E-state index is 0.0302. The van der Waals surface area contributed by atoms with E-state index in [4.69, 9.17) is 18.9 Å². The standard InChI is InChI=1S/C27H40O6/c1-18(12-8-14-20(3)16-23-25(28)21(4)26(29)32-23)10-7-11-19(2)13-9-15-22-17-24(30-5)33-27(22)31-6/h10,13,16-17,20,24,27-28H,7-9,11-12,14-15H2,1-6H3/b18-10+,19-13+,23-16-/t20-,24+,27+/m0/s1. The molecule has 0 bridgehead atoms. The molecule has 2 heterocycles. The Morgan fingerprint density at radius 1 is 1.15 bits per heavy atom. The van der Waals surface area contributed by atoms with Crippen LogP contribution in [0.1, 0.15) is 72.6 Å². The summed E-state index contributed by atoms with van der Waals surface area (Å²) >= 11 is 0. The van der Waals surface area contributed by atoms with E-state index >= 15 is 0 Å². The second-order valence-electron chi connectivity index (χ2n) is 8.99. The van der Waals surface area contributed by atoms with Crippen molar-refractivity contribution in [2.75, 3.05) is 14.2 Å². The first kappa shape index (κ1) is 27.1. The lowest BCUT2D eigenvalue weighted by atomic mass is 9.99. The first-order chi connectivity index (χ1) is 15.7. The number of aliphatic hydroxyl groups excluding tert-OH is 1. The van der Waals surface area contributed by atoms with Crippen LogP contribution in [0.25, 0.3) is 0 Å². The minimum atomic E-state index is -0.461. The first-order valence-corrected chi connectivity index (χ1v) is 11.8. The topological polar surface area (TPSA) is 74.2 Å². The van der Waals surface area contributed by atoms with E-state index in [0.717, 1.165) is 50.5 Å². The number of hydrogen-bond acceptors (Lipinski definition) is 6. The number of hydrogen-bond donors (Lipinski definition) is 1. The van der Waals surface area contributed by atoms with E-state index in [9.17, 15) is 9.90 Å². The molecule has 6 heteroatoms. The van der Waals surface area contributed by atoms with Crippen LogP contribution in [0.15, 0.2) is 58.1 Å². The van der Waals surface area contributed by atoms with Crippen LogP contribution in [0.5, 0.6) is 0 Å². The van der Waals surface area contributed by atoms with Crippen molar-refractivity contribution in [2.45, 2.75) is 85.2 Å². The highest BCUT2D eigenvalue weighted by Gasteiger charge is 2.27. The minimum Gasteiger partial charge on any atom is -0.504 e. The Kier molecular flexibility index (Phi) is 11.1. The molecule has 2 rings (SSSR count). The molecule has 0 aromatic heterocycles. The number of carbonyl (C=O) groups excluding carboxylic acids is 1. The maximum absolute atomic E-state index is 11.5. The summed E-state index contributed by atoms with van der Waals surface area (Å²) in [6, 6.07) is 0. The monoisotopic (exact) mass is 460 g/mol. The normalized spacial score (nSPS) is 24.0. The summed E-state index contributed by atoms with van der Waals surface area (Å²) in [5.41, 5.74) is 4.21. The van der Waals surface area contributed by atoms with Gasteiger partial charge < -0.3 is 24.1 Å². The van der Waals surface area contributed by atoms with Crippen molar-refractivity contribution in [1.82, 2.24) is 0 Å². The lowest BCUT2D eigenvalue weighted by Gasteiger charge is -2.13. The van der Waals surface area contributed by atoms with Gasteiger partial charge in [0.15, 0.2) is 24.1 Å². The Morgan fingerprint density at radius 2 is 1.85 bits per heavy atom. The summed E-state index contributed by atoms with van der Waals surface area (Å²) < 4.78 is 21.3. The third kappa shape index (κ3) is 8.61. The Morgan fingerprint density at radius 3 is 2.48 bits per heavy atom. The summed E-state index contributed by atoms with van der Waals surface area (Å²) in [4.78, 5) is 11.5. The molecule has 0 saturated heterocycles. The van der Waals surface area contributed by atoms with E-state index in [-0.39, 0.29) is 29.8 Å². The highest BCUT2D eigenvalue weighted by molar-refractivity contribution is 5.93. The number of carbonyl (C=O) groups is 1. The predicted molar refractivity (Wildman–Crippen MR) is 129 cm³/mol. The molecular weight excluding hydrogens is 420 g/mol. The highest BCUT2D eigenvalue weighted by Crippen LogP contribution is 2.27. The molecule has 2 aliphatic rings. The van der Waals surface area contributed by atoms with Gasteiger partial charge in [0, 0.05) is 14.2 Å². The highest BCUT2D eigenvalue weighted by atomic mass is 16.8. The Labute approximate surface area is 198 Å². The number of allylic oxidation sites excluding steroid dienone is 5. The fourth-order valence-corrected chi connectivity index (χ4v) is 3.93. The summed E-state index contributed by atoms with van der Waals surface area (Å²) in [6.07, 6.45) is 14.9. The first-order valence-electron chi connectivity index (χ1n) is 11.8. The van der Waals surface area contributed by atoms with Crippen LogP contribution in [-0.4, -0.2) is 37.9 Å². The Balaban J connectivity index is 1.66. The summed E-state index contributed by atoms with van der Waals surface area (Å²) in [6.45, 7) is 8.02. The van der Waals surface area contributed by atoms with Crippen molar-refractivity contribution in [1.29, 1.82) is 0 Å². The molecular formula is C27H40O6. The molecule has 0 saturated carbocycles. The third-order valence-electron chi connectivity index (χ3n) is 6.08. The van der Waals surface area contributed by atoms with Gasteiger partial charge in [-0.1, -0.05) is 30.2 Å². The van der Waals surface area contributed by atoms with Crippen LogP contribution in [0.3, 0.4) is 0 Å². The molecule has 0 spiro atoms. The second-order valence-corrected chi connectivity index (χ2v) is 8.99.